The largest absolute Gasteiger partial charge is 0.373 e. The summed E-state index contributed by atoms with van der Waals surface area (Å²) in [6.45, 7) is 1.69. The molecule has 0 bridgehead atoms. The molecule has 0 aromatic heterocycles. The van der Waals surface area contributed by atoms with Gasteiger partial charge in [0.2, 0.25) is 0 Å². The molecule has 0 aliphatic rings. The normalized spacial score (nSPS) is 9.85. The number of benzene rings is 2. The van der Waals surface area contributed by atoms with Gasteiger partial charge in [0.25, 0.3) is 0 Å². The average molecular weight is 285 g/mol. The predicted octanol–water partition coefficient (Wildman–Crippen LogP) is 3.11. The van der Waals surface area contributed by atoms with Crippen LogP contribution in [0.5, 0.6) is 0 Å². The Morgan fingerprint density at radius 1 is 1.00 bits per heavy atom. The van der Waals surface area contributed by atoms with Crippen molar-refractivity contribution in [2.45, 2.75) is 0 Å². The molecule has 0 amide bonds. The van der Waals surface area contributed by atoms with Crippen LogP contribution in [-0.4, -0.2) is 25.2 Å². The number of thiocarbonyl (C=S) groups is 1. The van der Waals surface area contributed by atoms with Crippen LogP contribution in [0, 0.1) is 0 Å². The van der Waals surface area contributed by atoms with Crippen molar-refractivity contribution in [2.75, 3.05) is 30.4 Å². The van der Waals surface area contributed by atoms with Gasteiger partial charge in [-0.3, -0.25) is 0 Å². The highest BCUT2D eigenvalue weighted by Gasteiger charge is 2.00. The van der Waals surface area contributed by atoms with Crippen molar-refractivity contribution in [2.24, 2.45) is 0 Å². The van der Waals surface area contributed by atoms with Gasteiger partial charge in [-0.1, -0.05) is 36.4 Å². The Morgan fingerprint density at radius 2 is 1.60 bits per heavy atom. The smallest absolute Gasteiger partial charge is 0.170 e. The van der Waals surface area contributed by atoms with Crippen molar-refractivity contribution in [1.29, 1.82) is 0 Å². The zero-order valence-electron chi connectivity index (χ0n) is 11.5. The molecular weight excluding hydrogens is 266 g/mol. The van der Waals surface area contributed by atoms with Gasteiger partial charge in [-0.25, -0.2) is 0 Å². The minimum Gasteiger partial charge on any atom is -0.373 e. The predicted molar refractivity (Wildman–Crippen MR) is 90.4 cm³/mol. The SMILES string of the molecule is CN(CCNC(=S)Nc1ccccc1)c1ccccc1. The van der Waals surface area contributed by atoms with Gasteiger partial charge in [0, 0.05) is 31.5 Å². The van der Waals surface area contributed by atoms with Crippen LogP contribution < -0.4 is 15.5 Å². The molecule has 2 aromatic rings. The van der Waals surface area contributed by atoms with Crippen molar-refractivity contribution in [3.8, 4) is 0 Å². The molecule has 0 saturated heterocycles. The van der Waals surface area contributed by atoms with Crippen molar-refractivity contribution in [3.63, 3.8) is 0 Å². The van der Waals surface area contributed by atoms with Crippen LogP contribution in [0.25, 0.3) is 0 Å². The summed E-state index contributed by atoms with van der Waals surface area (Å²) in [5.41, 5.74) is 2.21. The summed E-state index contributed by atoms with van der Waals surface area (Å²) in [7, 11) is 2.07. The number of likely N-dealkylation sites (N-methyl/N-ethyl adjacent to an activating group) is 1. The number of nitrogens with one attached hydrogen (secondary N) is 2. The zero-order chi connectivity index (χ0) is 14.2. The number of rotatable bonds is 5. The van der Waals surface area contributed by atoms with Crippen LogP contribution in [0.1, 0.15) is 0 Å². The third-order valence-electron chi connectivity index (χ3n) is 2.96. The molecule has 20 heavy (non-hydrogen) atoms. The fourth-order valence-corrected chi connectivity index (χ4v) is 2.07. The van der Waals surface area contributed by atoms with Crippen LogP contribution >= 0.6 is 12.2 Å². The Morgan fingerprint density at radius 3 is 2.25 bits per heavy atom. The van der Waals surface area contributed by atoms with E-state index in [4.69, 9.17) is 12.2 Å². The van der Waals surface area contributed by atoms with Gasteiger partial charge in [-0.2, -0.15) is 0 Å². The summed E-state index contributed by atoms with van der Waals surface area (Å²) in [5, 5.41) is 7.02. The standard InChI is InChI=1S/C16H19N3S/c1-19(15-10-6-3-7-11-15)13-12-17-16(20)18-14-8-4-2-5-9-14/h2-11H,12-13H2,1H3,(H2,17,18,20). The minimum absolute atomic E-state index is 0.651. The Labute approximate surface area is 125 Å². The van der Waals surface area contributed by atoms with Crippen molar-refractivity contribution >= 4 is 28.7 Å². The second-order valence-corrected chi connectivity index (χ2v) is 4.91. The third-order valence-corrected chi connectivity index (χ3v) is 3.21. The molecule has 2 N–H and O–H groups in total. The fourth-order valence-electron chi connectivity index (χ4n) is 1.85. The van der Waals surface area contributed by atoms with Crippen LogP contribution in [0.3, 0.4) is 0 Å². The molecule has 0 radical (unpaired) electrons. The maximum atomic E-state index is 5.26. The first-order chi connectivity index (χ1) is 9.75. The van der Waals surface area contributed by atoms with E-state index in [1.54, 1.807) is 0 Å². The number of hydrogen-bond donors (Lipinski definition) is 2. The fraction of sp³-hybridized carbons (Fsp3) is 0.188. The molecule has 0 atom stereocenters. The Bertz CT molecular complexity index is 528. The molecule has 104 valence electrons. The van der Waals surface area contributed by atoms with E-state index in [9.17, 15) is 0 Å². The van der Waals surface area contributed by atoms with E-state index in [-0.39, 0.29) is 0 Å². The van der Waals surface area contributed by atoms with E-state index >= 15 is 0 Å². The lowest BCUT2D eigenvalue weighted by Gasteiger charge is -2.20. The Hall–Kier alpha value is -2.07. The number of anilines is 2. The Kier molecular flexibility index (Phi) is 5.38. The Balaban J connectivity index is 1.72. The summed E-state index contributed by atoms with van der Waals surface area (Å²) in [5.74, 6) is 0. The molecule has 0 spiro atoms. The first-order valence-electron chi connectivity index (χ1n) is 6.62. The van der Waals surface area contributed by atoms with Gasteiger partial charge >= 0.3 is 0 Å². The number of nitrogens with zero attached hydrogens (tertiary/aromatic N) is 1. The molecule has 2 aromatic carbocycles. The van der Waals surface area contributed by atoms with Crippen molar-refractivity contribution < 1.29 is 0 Å². The van der Waals surface area contributed by atoms with E-state index in [2.05, 4.69) is 34.7 Å². The molecule has 0 unspecified atom stereocenters. The maximum absolute atomic E-state index is 5.26. The molecule has 0 fully saturated rings. The summed E-state index contributed by atoms with van der Waals surface area (Å²) in [6, 6.07) is 20.2. The van der Waals surface area contributed by atoms with Crippen LogP contribution in [-0.2, 0) is 0 Å². The number of para-hydroxylation sites is 2. The van der Waals surface area contributed by atoms with E-state index in [1.165, 1.54) is 5.69 Å². The second-order valence-electron chi connectivity index (χ2n) is 4.50. The molecule has 4 heteroatoms. The monoisotopic (exact) mass is 285 g/mol. The van der Waals surface area contributed by atoms with Gasteiger partial charge in [-0.15, -0.1) is 0 Å². The van der Waals surface area contributed by atoms with Gasteiger partial charge in [0.15, 0.2) is 5.11 Å². The molecule has 0 aliphatic heterocycles. The van der Waals surface area contributed by atoms with E-state index in [1.807, 2.05) is 48.5 Å². The number of hydrogen-bond acceptors (Lipinski definition) is 2. The average Bonchev–Trinajstić information content (AvgIpc) is 2.49. The summed E-state index contributed by atoms with van der Waals surface area (Å²) in [6.07, 6.45) is 0. The minimum atomic E-state index is 0.651. The van der Waals surface area contributed by atoms with E-state index < -0.39 is 0 Å². The highest BCUT2D eigenvalue weighted by atomic mass is 32.1. The lowest BCUT2D eigenvalue weighted by molar-refractivity contribution is 0.827. The second kappa shape index (κ2) is 7.50. The van der Waals surface area contributed by atoms with Gasteiger partial charge in [0.1, 0.15) is 0 Å². The molecule has 0 heterocycles. The third kappa shape index (κ3) is 4.55. The first-order valence-corrected chi connectivity index (χ1v) is 7.02. The quantitative estimate of drug-likeness (QED) is 0.826. The van der Waals surface area contributed by atoms with Crippen molar-refractivity contribution in [3.05, 3.63) is 60.7 Å². The van der Waals surface area contributed by atoms with Gasteiger partial charge in [0.05, 0.1) is 0 Å². The lowest BCUT2D eigenvalue weighted by Crippen LogP contribution is -2.35. The van der Waals surface area contributed by atoms with Crippen molar-refractivity contribution in [1.82, 2.24) is 5.32 Å². The maximum Gasteiger partial charge on any atom is 0.170 e. The molecule has 2 rings (SSSR count). The van der Waals surface area contributed by atoms with Crippen LogP contribution in [0.4, 0.5) is 11.4 Å². The van der Waals surface area contributed by atoms with Gasteiger partial charge < -0.3 is 15.5 Å². The highest BCUT2D eigenvalue weighted by Crippen LogP contribution is 2.09. The molecular formula is C16H19N3S. The molecule has 3 nitrogen and oxygen atoms in total. The summed E-state index contributed by atoms with van der Waals surface area (Å²) < 4.78 is 0. The van der Waals surface area contributed by atoms with Crippen LogP contribution in [0.15, 0.2) is 60.7 Å². The first kappa shape index (κ1) is 14.3. The zero-order valence-corrected chi connectivity index (χ0v) is 12.4. The molecule has 0 saturated carbocycles. The van der Waals surface area contributed by atoms with Gasteiger partial charge in [-0.05, 0) is 36.5 Å². The summed E-state index contributed by atoms with van der Waals surface area (Å²) in [4.78, 5) is 2.19. The van der Waals surface area contributed by atoms with E-state index in [0.717, 1.165) is 18.8 Å². The topological polar surface area (TPSA) is 27.3 Å². The van der Waals surface area contributed by atoms with Crippen LogP contribution in [0.2, 0.25) is 0 Å². The molecule has 0 aliphatic carbocycles. The highest BCUT2D eigenvalue weighted by molar-refractivity contribution is 7.80. The summed E-state index contributed by atoms with van der Waals surface area (Å²) >= 11 is 5.26. The lowest BCUT2D eigenvalue weighted by atomic mass is 10.3. The van der Waals surface area contributed by atoms with E-state index in [0.29, 0.717) is 5.11 Å².